The minimum absolute atomic E-state index is 0.141. The highest BCUT2D eigenvalue weighted by molar-refractivity contribution is 5.45. The van der Waals surface area contributed by atoms with Gasteiger partial charge in [-0.1, -0.05) is 45.0 Å². The van der Waals surface area contributed by atoms with Crippen LogP contribution in [-0.2, 0) is 11.0 Å². The maximum absolute atomic E-state index is 12.5. The van der Waals surface area contributed by atoms with Gasteiger partial charge in [-0.05, 0) is 54.8 Å². The van der Waals surface area contributed by atoms with Crippen LogP contribution in [0, 0.1) is 10.8 Å². The van der Waals surface area contributed by atoms with Crippen LogP contribution in [0.15, 0.2) is 55.2 Å². The Kier molecular flexibility index (Phi) is 4.89. The van der Waals surface area contributed by atoms with Crippen LogP contribution in [0.3, 0.4) is 0 Å². The molecule has 0 spiro atoms. The first-order valence-electron chi connectivity index (χ1n) is 12.7. The van der Waals surface area contributed by atoms with Crippen molar-refractivity contribution in [2.24, 2.45) is 10.8 Å². The van der Waals surface area contributed by atoms with E-state index < -0.39 is 5.60 Å². The molecule has 2 N–H and O–H groups in total. The molecule has 2 aromatic heterocycles. The summed E-state index contributed by atoms with van der Waals surface area (Å²) in [6.45, 7) is 8.45. The van der Waals surface area contributed by atoms with E-state index in [2.05, 4.69) is 74.2 Å². The van der Waals surface area contributed by atoms with Crippen molar-refractivity contribution in [1.29, 1.82) is 0 Å². The van der Waals surface area contributed by atoms with E-state index in [0.717, 1.165) is 54.9 Å². The summed E-state index contributed by atoms with van der Waals surface area (Å²) in [5.41, 5.74) is 3.79. The van der Waals surface area contributed by atoms with Crippen molar-refractivity contribution in [2.75, 3.05) is 26.7 Å². The lowest BCUT2D eigenvalue weighted by Crippen LogP contribution is -2.66. The van der Waals surface area contributed by atoms with E-state index in [1.807, 2.05) is 23.3 Å². The van der Waals surface area contributed by atoms with E-state index in [1.165, 1.54) is 5.56 Å². The van der Waals surface area contributed by atoms with Gasteiger partial charge in [0.15, 0.2) is 0 Å². The number of hydrogen-bond acceptors (Lipinski definition) is 5. The van der Waals surface area contributed by atoms with Crippen LogP contribution < -0.4 is 0 Å². The lowest BCUT2D eigenvalue weighted by atomic mass is 9.34. The molecule has 3 heterocycles. The Morgan fingerprint density at radius 2 is 1.74 bits per heavy atom. The second-order valence-corrected chi connectivity index (χ2v) is 12.3. The first-order chi connectivity index (χ1) is 16.6. The second kappa shape index (κ2) is 7.48. The van der Waals surface area contributed by atoms with Crippen molar-refractivity contribution in [3.8, 4) is 5.69 Å². The molecular formula is C29H36N4O2. The van der Waals surface area contributed by atoms with Crippen LogP contribution in [0.4, 0.5) is 0 Å². The van der Waals surface area contributed by atoms with Crippen molar-refractivity contribution in [1.82, 2.24) is 19.4 Å². The molecule has 1 aliphatic heterocycles. The summed E-state index contributed by atoms with van der Waals surface area (Å²) < 4.78 is 2.02. The predicted octanol–water partition coefficient (Wildman–Crippen LogP) is 3.99. The van der Waals surface area contributed by atoms with Crippen LogP contribution in [0.1, 0.15) is 68.3 Å². The lowest BCUT2D eigenvalue weighted by molar-refractivity contribution is -0.169. The highest BCUT2D eigenvalue weighted by Gasteiger charge is 2.68. The van der Waals surface area contributed by atoms with Gasteiger partial charge in [-0.2, -0.15) is 0 Å². The SMILES string of the molecule is CC(C)c1ccc([C@](O)(c2cncc(-n3cnc(C45CC(CO)(C4)C5)c3)c2)C2(C)CN(C)C2)cc1. The van der Waals surface area contributed by atoms with Crippen molar-refractivity contribution in [3.05, 3.63) is 77.6 Å². The van der Waals surface area contributed by atoms with Crippen LogP contribution >= 0.6 is 0 Å². The Morgan fingerprint density at radius 1 is 1.06 bits per heavy atom. The molecule has 3 aromatic rings. The average molecular weight is 473 g/mol. The molecule has 6 heteroatoms. The van der Waals surface area contributed by atoms with Crippen LogP contribution in [-0.4, -0.2) is 56.4 Å². The molecule has 4 aliphatic rings. The molecule has 3 aliphatic carbocycles. The van der Waals surface area contributed by atoms with Crippen molar-refractivity contribution in [3.63, 3.8) is 0 Å². The Balaban J connectivity index is 1.36. The van der Waals surface area contributed by atoms with Gasteiger partial charge in [-0.15, -0.1) is 0 Å². The van der Waals surface area contributed by atoms with Gasteiger partial charge in [0.05, 0.1) is 23.9 Å². The third-order valence-electron chi connectivity index (χ3n) is 9.15. The maximum atomic E-state index is 12.5. The molecule has 35 heavy (non-hydrogen) atoms. The fraction of sp³-hybridized carbons (Fsp3) is 0.517. The molecule has 184 valence electrons. The normalized spacial score (nSPS) is 28.7. The standard InChI is InChI=1S/C29H36N4O2/c1-20(2)21-5-7-22(8-6-21)29(35,26(3)16-32(4)17-26)23-9-24(11-30-10-23)33-12-25(31-19-33)28-13-27(14-28,15-28)18-34/h5-12,19-20,34-35H,13-18H2,1-4H3/t27?,28?,29-/m0/s1. The van der Waals surface area contributed by atoms with Gasteiger partial charge in [0.25, 0.3) is 0 Å². The first kappa shape index (κ1) is 22.9. The van der Waals surface area contributed by atoms with Gasteiger partial charge in [-0.3, -0.25) is 4.98 Å². The van der Waals surface area contributed by atoms with Crippen molar-refractivity contribution in [2.45, 2.75) is 57.0 Å². The minimum Gasteiger partial charge on any atom is -0.396 e. The van der Waals surface area contributed by atoms with Gasteiger partial charge in [0, 0.05) is 48.5 Å². The van der Waals surface area contributed by atoms with E-state index in [9.17, 15) is 10.2 Å². The summed E-state index contributed by atoms with van der Waals surface area (Å²) in [6, 6.07) is 10.5. The van der Waals surface area contributed by atoms with Crippen LogP contribution in [0.5, 0.6) is 0 Å². The molecule has 4 fully saturated rings. The monoisotopic (exact) mass is 472 g/mol. The third kappa shape index (κ3) is 3.19. The van der Waals surface area contributed by atoms with E-state index in [-0.39, 0.29) is 22.9 Å². The largest absolute Gasteiger partial charge is 0.396 e. The molecule has 6 nitrogen and oxygen atoms in total. The summed E-state index contributed by atoms with van der Waals surface area (Å²) in [7, 11) is 2.09. The van der Waals surface area contributed by atoms with Gasteiger partial charge in [0.1, 0.15) is 5.60 Å². The number of aromatic nitrogens is 3. The number of imidazole rings is 1. The van der Waals surface area contributed by atoms with Gasteiger partial charge >= 0.3 is 0 Å². The molecule has 1 saturated heterocycles. The summed E-state index contributed by atoms with van der Waals surface area (Å²) in [5, 5.41) is 22.1. The Morgan fingerprint density at radius 3 is 2.34 bits per heavy atom. The van der Waals surface area contributed by atoms with Crippen LogP contribution in [0.25, 0.3) is 5.69 Å². The number of benzene rings is 1. The number of aliphatic hydroxyl groups is 2. The quantitative estimate of drug-likeness (QED) is 0.544. The number of rotatable bonds is 7. The molecule has 0 radical (unpaired) electrons. The molecule has 1 aromatic carbocycles. The van der Waals surface area contributed by atoms with E-state index in [0.29, 0.717) is 5.92 Å². The van der Waals surface area contributed by atoms with E-state index in [1.54, 1.807) is 0 Å². The summed E-state index contributed by atoms with van der Waals surface area (Å²) in [6.07, 6.45) is 10.7. The number of pyridine rings is 1. The highest BCUT2D eigenvalue weighted by Crippen LogP contribution is 2.73. The summed E-state index contributed by atoms with van der Waals surface area (Å²) >= 11 is 0. The van der Waals surface area contributed by atoms with Crippen molar-refractivity contribution < 1.29 is 10.2 Å². The van der Waals surface area contributed by atoms with Gasteiger partial charge < -0.3 is 19.7 Å². The summed E-state index contributed by atoms with van der Waals surface area (Å²) in [5.74, 6) is 0.441. The molecule has 3 saturated carbocycles. The predicted molar refractivity (Wildman–Crippen MR) is 136 cm³/mol. The topological polar surface area (TPSA) is 74.4 Å². The van der Waals surface area contributed by atoms with E-state index >= 15 is 0 Å². The summed E-state index contributed by atoms with van der Waals surface area (Å²) in [4.78, 5) is 11.6. The Labute approximate surface area is 207 Å². The molecule has 1 atom stereocenters. The minimum atomic E-state index is -1.16. The number of nitrogens with zero attached hydrogens (tertiary/aromatic N) is 4. The number of aliphatic hydroxyl groups excluding tert-OH is 1. The van der Waals surface area contributed by atoms with Gasteiger partial charge in [0.2, 0.25) is 0 Å². The molecule has 0 amide bonds. The zero-order chi connectivity index (χ0) is 24.6. The molecule has 7 rings (SSSR count). The molecule has 2 bridgehead atoms. The zero-order valence-electron chi connectivity index (χ0n) is 21.2. The Hall–Kier alpha value is -2.54. The van der Waals surface area contributed by atoms with E-state index in [4.69, 9.17) is 4.98 Å². The third-order valence-corrected chi connectivity index (χ3v) is 9.15. The lowest BCUT2D eigenvalue weighted by Gasteiger charge is -2.69. The van der Waals surface area contributed by atoms with Gasteiger partial charge in [-0.25, -0.2) is 4.98 Å². The fourth-order valence-corrected chi connectivity index (χ4v) is 7.29. The van der Waals surface area contributed by atoms with Crippen molar-refractivity contribution >= 4 is 0 Å². The smallest absolute Gasteiger partial charge is 0.124 e. The number of likely N-dealkylation sites (tertiary alicyclic amines) is 1. The number of hydrogen-bond donors (Lipinski definition) is 2. The highest BCUT2D eigenvalue weighted by atomic mass is 16.3. The zero-order valence-corrected chi connectivity index (χ0v) is 21.2. The average Bonchev–Trinajstić information content (AvgIpc) is 3.26. The second-order valence-electron chi connectivity index (χ2n) is 12.3. The van der Waals surface area contributed by atoms with Crippen LogP contribution in [0.2, 0.25) is 0 Å². The Bertz CT molecular complexity index is 1240. The maximum Gasteiger partial charge on any atom is 0.124 e. The molecule has 0 unspecified atom stereocenters. The molecular weight excluding hydrogens is 436 g/mol. The fourth-order valence-electron chi connectivity index (χ4n) is 7.29. The first-order valence-corrected chi connectivity index (χ1v) is 12.7.